The molecule has 0 aliphatic heterocycles. The second-order valence-corrected chi connectivity index (χ2v) is 8.16. The van der Waals surface area contributed by atoms with Crippen LogP contribution < -0.4 is 9.47 Å². The molecule has 0 bridgehead atoms. The van der Waals surface area contributed by atoms with Crippen LogP contribution in [0.2, 0.25) is 0 Å². The maximum atomic E-state index is 5.45. The number of hydrogen-bond donors (Lipinski definition) is 0. The molecule has 4 heterocycles. The monoisotopic (exact) mass is 479 g/mol. The molecule has 0 amide bonds. The Morgan fingerprint density at radius 1 is 0.778 bits per heavy atom. The first-order chi connectivity index (χ1) is 17.5. The molecule has 4 aromatic heterocycles. The van der Waals surface area contributed by atoms with Gasteiger partial charge in [0.1, 0.15) is 17.5 Å². The number of rotatable bonds is 7. The Hall–Kier alpha value is -4.66. The number of hydrogen-bond acceptors (Lipinski definition) is 8. The third-order valence-corrected chi connectivity index (χ3v) is 5.55. The van der Waals surface area contributed by atoms with Crippen LogP contribution in [-0.4, -0.2) is 48.9 Å². The molecule has 0 atom stereocenters. The Balaban J connectivity index is 1.45. The summed E-state index contributed by atoms with van der Waals surface area (Å²) >= 11 is 0. The maximum Gasteiger partial charge on any atom is 0.161 e. The number of pyridine rings is 2. The average Bonchev–Trinajstić information content (AvgIpc) is 3.26. The van der Waals surface area contributed by atoms with E-state index in [9.17, 15) is 0 Å². The van der Waals surface area contributed by atoms with E-state index >= 15 is 0 Å². The van der Waals surface area contributed by atoms with E-state index in [-0.39, 0.29) is 0 Å². The molecule has 180 valence electrons. The molecule has 0 N–H and O–H groups in total. The van der Waals surface area contributed by atoms with Gasteiger partial charge in [-0.15, -0.1) is 5.10 Å². The van der Waals surface area contributed by atoms with Gasteiger partial charge >= 0.3 is 0 Å². The van der Waals surface area contributed by atoms with Gasteiger partial charge in [-0.05, 0) is 68.0 Å². The lowest BCUT2D eigenvalue weighted by Crippen LogP contribution is -2.08. The van der Waals surface area contributed by atoms with E-state index in [2.05, 4.69) is 30.0 Å². The molecule has 0 spiro atoms. The molecule has 5 rings (SSSR count). The molecule has 0 aliphatic rings. The van der Waals surface area contributed by atoms with Gasteiger partial charge in [0.05, 0.1) is 36.6 Å². The van der Waals surface area contributed by atoms with E-state index in [0.29, 0.717) is 35.4 Å². The van der Waals surface area contributed by atoms with Crippen LogP contribution in [0.25, 0.3) is 29.0 Å². The van der Waals surface area contributed by atoms with Crippen LogP contribution in [0.15, 0.2) is 54.7 Å². The van der Waals surface area contributed by atoms with E-state index in [1.165, 1.54) is 0 Å². The SMILES string of the molecule is COc1ccc(Cc2nc(C)nn2-c2cc(/C=C/c3ccc4ncccc4n3)nc(C)n2)cc1OC. The van der Waals surface area contributed by atoms with E-state index in [4.69, 9.17) is 9.47 Å². The standard InChI is InChI=1S/C27H25N7O2/c1-17-29-21(9-8-20-10-11-22-23(32-20)6-5-13-28-22)16-27(30-17)34-26(31-18(2)33-34)15-19-7-12-24(35-3)25(14-19)36-4/h5-14,16H,15H2,1-4H3/b9-8+. The molecule has 0 aliphatic carbocycles. The average molecular weight is 480 g/mol. The normalized spacial score (nSPS) is 11.3. The lowest BCUT2D eigenvalue weighted by Gasteiger charge is -2.10. The molecule has 0 saturated heterocycles. The number of methoxy groups -OCH3 is 2. The maximum absolute atomic E-state index is 5.45. The largest absolute Gasteiger partial charge is 0.493 e. The molecule has 0 unspecified atom stereocenters. The highest BCUT2D eigenvalue weighted by Gasteiger charge is 2.14. The summed E-state index contributed by atoms with van der Waals surface area (Å²) in [5, 5.41) is 4.60. The summed E-state index contributed by atoms with van der Waals surface area (Å²) in [5.41, 5.74) is 4.29. The molecule has 0 radical (unpaired) electrons. The van der Waals surface area contributed by atoms with Gasteiger partial charge in [0.15, 0.2) is 17.3 Å². The summed E-state index contributed by atoms with van der Waals surface area (Å²) in [4.78, 5) is 22.8. The lowest BCUT2D eigenvalue weighted by atomic mass is 10.1. The van der Waals surface area contributed by atoms with Gasteiger partial charge < -0.3 is 9.47 Å². The number of aromatic nitrogens is 7. The molecule has 36 heavy (non-hydrogen) atoms. The first kappa shape index (κ1) is 23.1. The minimum atomic E-state index is 0.546. The summed E-state index contributed by atoms with van der Waals surface area (Å²) in [6.07, 6.45) is 6.15. The minimum absolute atomic E-state index is 0.546. The third-order valence-electron chi connectivity index (χ3n) is 5.55. The molecular weight excluding hydrogens is 454 g/mol. The van der Waals surface area contributed by atoms with Gasteiger partial charge in [-0.1, -0.05) is 6.07 Å². The number of fused-ring (bicyclic) bond motifs is 1. The zero-order valence-electron chi connectivity index (χ0n) is 20.5. The van der Waals surface area contributed by atoms with Crippen molar-refractivity contribution in [3.8, 4) is 17.3 Å². The summed E-state index contributed by atoms with van der Waals surface area (Å²) in [6, 6.07) is 15.4. The molecule has 0 saturated carbocycles. The lowest BCUT2D eigenvalue weighted by molar-refractivity contribution is 0.354. The summed E-state index contributed by atoms with van der Waals surface area (Å²) in [5.74, 6) is 4.05. The zero-order valence-corrected chi connectivity index (χ0v) is 20.5. The number of ether oxygens (including phenoxy) is 2. The quantitative estimate of drug-likeness (QED) is 0.339. The van der Waals surface area contributed by atoms with Gasteiger partial charge in [0, 0.05) is 18.7 Å². The minimum Gasteiger partial charge on any atom is -0.493 e. The summed E-state index contributed by atoms with van der Waals surface area (Å²) in [6.45, 7) is 3.72. The molecule has 9 nitrogen and oxygen atoms in total. The zero-order chi connectivity index (χ0) is 25.1. The molecule has 1 aromatic carbocycles. The van der Waals surface area contributed by atoms with Crippen LogP contribution >= 0.6 is 0 Å². The number of benzene rings is 1. The second kappa shape index (κ2) is 9.91. The highest BCUT2D eigenvalue weighted by Crippen LogP contribution is 2.28. The predicted molar refractivity (Wildman–Crippen MR) is 137 cm³/mol. The van der Waals surface area contributed by atoms with Crippen LogP contribution in [-0.2, 0) is 6.42 Å². The Bertz CT molecular complexity index is 1580. The fourth-order valence-corrected chi connectivity index (χ4v) is 3.93. The Morgan fingerprint density at radius 2 is 1.61 bits per heavy atom. The van der Waals surface area contributed by atoms with E-state index < -0.39 is 0 Å². The second-order valence-electron chi connectivity index (χ2n) is 8.16. The van der Waals surface area contributed by atoms with Crippen LogP contribution in [0.4, 0.5) is 0 Å². The fraction of sp³-hybridized carbons (Fsp3) is 0.185. The molecular formula is C27H25N7O2. The summed E-state index contributed by atoms with van der Waals surface area (Å²) in [7, 11) is 3.24. The fourth-order valence-electron chi connectivity index (χ4n) is 3.93. The van der Waals surface area contributed by atoms with Crippen molar-refractivity contribution in [1.82, 2.24) is 34.7 Å². The van der Waals surface area contributed by atoms with E-state index in [1.54, 1.807) is 25.1 Å². The highest BCUT2D eigenvalue weighted by atomic mass is 16.5. The van der Waals surface area contributed by atoms with Crippen molar-refractivity contribution in [3.63, 3.8) is 0 Å². The van der Waals surface area contributed by atoms with Crippen molar-refractivity contribution in [1.29, 1.82) is 0 Å². The van der Waals surface area contributed by atoms with Crippen molar-refractivity contribution in [2.45, 2.75) is 20.3 Å². The van der Waals surface area contributed by atoms with E-state index in [0.717, 1.165) is 33.8 Å². The third kappa shape index (κ3) is 4.90. The molecule has 0 fully saturated rings. The molecule has 9 heteroatoms. The van der Waals surface area contributed by atoms with Gasteiger partial charge in [0.2, 0.25) is 0 Å². The first-order valence-electron chi connectivity index (χ1n) is 11.4. The van der Waals surface area contributed by atoms with E-state index in [1.807, 2.05) is 74.5 Å². The smallest absolute Gasteiger partial charge is 0.161 e. The molecule has 5 aromatic rings. The van der Waals surface area contributed by atoms with Gasteiger partial charge in [-0.2, -0.15) is 4.68 Å². The summed E-state index contributed by atoms with van der Waals surface area (Å²) < 4.78 is 12.6. The highest BCUT2D eigenvalue weighted by molar-refractivity contribution is 5.77. The van der Waals surface area contributed by atoms with Crippen LogP contribution in [0.5, 0.6) is 11.5 Å². The van der Waals surface area contributed by atoms with Crippen LogP contribution in [0.3, 0.4) is 0 Å². The van der Waals surface area contributed by atoms with Crippen molar-refractivity contribution < 1.29 is 9.47 Å². The first-order valence-corrected chi connectivity index (χ1v) is 11.4. The van der Waals surface area contributed by atoms with Gasteiger partial charge in [-0.3, -0.25) is 4.98 Å². The van der Waals surface area contributed by atoms with Gasteiger partial charge in [-0.25, -0.2) is 19.9 Å². The Morgan fingerprint density at radius 3 is 2.44 bits per heavy atom. The van der Waals surface area contributed by atoms with Crippen molar-refractivity contribution >= 4 is 23.2 Å². The Kier molecular flexibility index (Phi) is 6.36. The predicted octanol–water partition coefficient (Wildman–Crippen LogP) is 4.40. The topological polar surface area (TPSA) is 101 Å². The van der Waals surface area contributed by atoms with Crippen molar-refractivity contribution in [2.75, 3.05) is 14.2 Å². The number of aryl methyl sites for hydroxylation is 2. The van der Waals surface area contributed by atoms with Crippen LogP contribution in [0.1, 0.15) is 34.4 Å². The number of nitrogens with zero attached hydrogens (tertiary/aromatic N) is 7. The van der Waals surface area contributed by atoms with Crippen molar-refractivity contribution in [2.24, 2.45) is 0 Å². The van der Waals surface area contributed by atoms with Crippen LogP contribution in [0, 0.1) is 13.8 Å². The Labute approximate surface area is 208 Å². The van der Waals surface area contributed by atoms with Crippen molar-refractivity contribution in [3.05, 3.63) is 89.2 Å². The van der Waals surface area contributed by atoms with Gasteiger partial charge in [0.25, 0.3) is 0 Å².